The van der Waals surface area contributed by atoms with E-state index in [0.29, 0.717) is 45.5 Å². The summed E-state index contributed by atoms with van der Waals surface area (Å²) in [7, 11) is 1.60. The summed E-state index contributed by atoms with van der Waals surface area (Å²) in [4.78, 5) is 22.2. The lowest BCUT2D eigenvalue weighted by molar-refractivity contribution is 0.100. The second kappa shape index (κ2) is 11.8. The van der Waals surface area contributed by atoms with Gasteiger partial charge in [0.25, 0.3) is 5.91 Å². The number of fused-ring (bicyclic) bond motifs is 1. The van der Waals surface area contributed by atoms with Crippen molar-refractivity contribution < 1.29 is 14.3 Å². The molecule has 2 aromatic carbocycles. The van der Waals surface area contributed by atoms with Crippen LogP contribution in [0, 0.1) is 5.92 Å². The first kappa shape index (κ1) is 27.9. The molecule has 1 amide bonds. The minimum absolute atomic E-state index is 0.00257. The van der Waals surface area contributed by atoms with E-state index in [2.05, 4.69) is 47.7 Å². The molecule has 2 aromatic heterocycles. The number of nitrogens with one attached hydrogen (secondary N) is 2. The van der Waals surface area contributed by atoms with E-state index in [1.165, 1.54) is 16.9 Å². The van der Waals surface area contributed by atoms with Crippen LogP contribution in [0.15, 0.2) is 48.7 Å². The molecule has 210 valence electrons. The van der Waals surface area contributed by atoms with Gasteiger partial charge in [0.05, 0.1) is 35.3 Å². The zero-order chi connectivity index (χ0) is 28.4. The van der Waals surface area contributed by atoms with Gasteiger partial charge in [-0.1, -0.05) is 38.1 Å². The Kier molecular flexibility index (Phi) is 8.23. The molecule has 4 N–H and O–H groups in total. The molecule has 5 rings (SSSR count). The van der Waals surface area contributed by atoms with Crippen molar-refractivity contribution in [2.75, 3.05) is 19.0 Å². The standard InChI is InChI=1S/C31H37N5O3S/c1-17(2)23-14-20(12-13-33-23)19-10-11-22(25(15-19)39-18(3)4)35-31-34-16-26-28(36-31)27(29(40-26)30(32)37)21-8-6-7-9-24(21)38-5/h6-11,15-18,20,23,33H,12-14H2,1-5H3,(H2,32,37)(H,34,35,36)/t20-,23-/m1/s1. The summed E-state index contributed by atoms with van der Waals surface area (Å²) >= 11 is 1.28. The minimum atomic E-state index is -0.515. The van der Waals surface area contributed by atoms with Crippen LogP contribution in [0.4, 0.5) is 11.6 Å². The van der Waals surface area contributed by atoms with E-state index in [4.69, 9.17) is 20.2 Å². The molecule has 0 aliphatic carbocycles. The maximum absolute atomic E-state index is 12.4. The van der Waals surface area contributed by atoms with E-state index in [9.17, 15) is 4.79 Å². The Morgan fingerprint density at radius 3 is 2.67 bits per heavy atom. The van der Waals surface area contributed by atoms with Crippen LogP contribution in [0.1, 0.15) is 61.7 Å². The van der Waals surface area contributed by atoms with Crippen molar-refractivity contribution in [2.24, 2.45) is 11.7 Å². The molecule has 4 aromatic rings. The number of carbonyl (C=O) groups is 1. The molecule has 0 radical (unpaired) electrons. The third kappa shape index (κ3) is 5.76. The molecule has 2 atom stereocenters. The molecule has 1 saturated heterocycles. The number of anilines is 2. The van der Waals surface area contributed by atoms with Crippen molar-refractivity contribution in [1.82, 2.24) is 15.3 Å². The Balaban J connectivity index is 1.52. The number of methoxy groups -OCH3 is 1. The highest BCUT2D eigenvalue weighted by Crippen LogP contribution is 2.42. The first-order chi connectivity index (χ1) is 19.2. The molecule has 1 aliphatic heterocycles. The Bertz CT molecular complexity index is 1520. The van der Waals surface area contributed by atoms with Crippen LogP contribution < -0.4 is 25.8 Å². The Morgan fingerprint density at radius 2 is 1.95 bits per heavy atom. The number of hydrogen-bond donors (Lipinski definition) is 3. The summed E-state index contributed by atoms with van der Waals surface area (Å²) in [6.07, 6.45) is 3.93. The summed E-state index contributed by atoms with van der Waals surface area (Å²) < 4.78 is 12.6. The number of ether oxygens (including phenoxy) is 2. The van der Waals surface area contributed by atoms with Gasteiger partial charge in [-0.3, -0.25) is 4.79 Å². The quantitative estimate of drug-likeness (QED) is 0.215. The fourth-order valence-corrected chi connectivity index (χ4v) is 6.34. The number of benzene rings is 2. The van der Waals surface area contributed by atoms with Gasteiger partial charge in [0, 0.05) is 17.2 Å². The molecular formula is C31H37N5O3S. The molecule has 3 heterocycles. The number of hydrogen-bond acceptors (Lipinski definition) is 8. The number of nitrogens with two attached hydrogens (primary N) is 1. The Morgan fingerprint density at radius 1 is 1.15 bits per heavy atom. The average molecular weight is 560 g/mol. The number of nitrogens with zero attached hydrogens (tertiary/aromatic N) is 2. The van der Waals surface area contributed by atoms with Gasteiger partial charge in [-0.05, 0) is 68.8 Å². The largest absolute Gasteiger partial charge is 0.496 e. The zero-order valence-corrected chi connectivity index (χ0v) is 24.5. The second-order valence-electron chi connectivity index (χ2n) is 10.9. The van der Waals surface area contributed by atoms with E-state index in [0.717, 1.165) is 41.1 Å². The molecule has 0 spiro atoms. The van der Waals surface area contributed by atoms with E-state index in [1.54, 1.807) is 13.3 Å². The predicted octanol–water partition coefficient (Wildman–Crippen LogP) is 6.49. The predicted molar refractivity (Wildman–Crippen MR) is 162 cm³/mol. The molecule has 40 heavy (non-hydrogen) atoms. The van der Waals surface area contributed by atoms with Crippen LogP contribution in [0.2, 0.25) is 0 Å². The van der Waals surface area contributed by atoms with E-state index in [-0.39, 0.29) is 6.10 Å². The highest BCUT2D eigenvalue weighted by Gasteiger charge is 2.26. The van der Waals surface area contributed by atoms with Gasteiger partial charge in [0.1, 0.15) is 16.4 Å². The second-order valence-corrected chi connectivity index (χ2v) is 11.9. The zero-order valence-electron chi connectivity index (χ0n) is 23.7. The minimum Gasteiger partial charge on any atom is -0.496 e. The van der Waals surface area contributed by atoms with Crippen LogP contribution in [-0.4, -0.2) is 41.7 Å². The smallest absolute Gasteiger partial charge is 0.259 e. The number of rotatable bonds is 9. The number of aromatic nitrogens is 2. The van der Waals surface area contributed by atoms with Gasteiger partial charge in [0.15, 0.2) is 0 Å². The Labute approximate surface area is 239 Å². The number of primary amides is 1. The molecular weight excluding hydrogens is 522 g/mol. The lowest BCUT2D eigenvalue weighted by Gasteiger charge is -2.33. The monoisotopic (exact) mass is 559 g/mol. The van der Waals surface area contributed by atoms with Gasteiger partial charge in [-0.25, -0.2) is 9.97 Å². The molecule has 0 saturated carbocycles. The van der Waals surface area contributed by atoms with Crippen molar-refractivity contribution in [1.29, 1.82) is 0 Å². The molecule has 1 aliphatic rings. The van der Waals surface area contributed by atoms with Crippen LogP contribution in [-0.2, 0) is 0 Å². The SMILES string of the molecule is COc1ccccc1-c1c(C(N)=O)sc2cnc(Nc3ccc([C@@H]4CCN[C@@H](C(C)C)C4)cc3OC(C)C)nc12. The van der Waals surface area contributed by atoms with E-state index < -0.39 is 5.91 Å². The molecule has 9 heteroatoms. The normalized spacial score (nSPS) is 17.4. The summed E-state index contributed by atoms with van der Waals surface area (Å²) in [5, 5.41) is 7.03. The third-order valence-corrected chi connectivity index (χ3v) is 8.49. The third-order valence-electron chi connectivity index (χ3n) is 7.36. The molecule has 8 nitrogen and oxygen atoms in total. The number of amides is 1. The van der Waals surface area contributed by atoms with Gasteiger partial charge in [0.2, 0.25) is 5.95 Å². The number of piperidine rings is 1. The van der Waals surface area contributed by atoms with Gasteiger partial charge < -0.3 is 25.8 Å². The highest BCUT2D eigenvalue weighted by molar-refractivity contribution is 7.21. The fourth-order valence-electron chi connectivity index (χ4n) is 5.36. The van der Waals surface area contributed by atoms with Crippen molar-refractivity contribution in [3.63, 3.8) is 0 Å². The topological polar surface area (TPSA) is 111 Å². The number of thiophene rings is 1. The van der Waals surface area contributed by atoms with Gasteiger partial charge in [-0.2, -0.15) is 0 Å². The van der Waals surface area contributed by atoms with Gasteiger partial charge in [-0.15, -0.1) is 11.3 Å². The lowest BCUT2D eigenvalue weighted by Crippen LogP contribution is -2.40. The summed E-state index contributed by atoms with van der Waals surface area (Å²) in [6.45, 7) is 9.61. The van der Waals surface area contributed by atoms with E-state index in [1.807, 2.05) is 38.1 Å². The Hall–Kier alpha value is -3.69. The van der Waals surface area contributed by atoms with Crippen molar-refractivity contribution in [2.45, 2.75) is 58.6 Å². The molecule has 0 bridgehead atoms. The van der Waals surface area contributed by atoms with Crippen molar-refractivity contribution in [3.05, 3.63) is 59.1 Å². The van der Waals surface area contributed by atoms with Crippen LogP contribution in [0.3, 0.4) is 0 Å². The highest BCUT2D eigenvalue weighted by atomic mass is 32.1. The maximum atomic E-state index is 12.4. The molecule has 1 fully saturated rings. The van der Waals surface area contributed by atoms with Gasteiger partial charge >= 0.3 is 0 Å². The number of carbonyl (C=O) groups excluding carboxylic acids is 1. The van der Waals surface area contributed by atoms with Crippen LogP contribution >= 0.6 is 11.3 Å². The summed E-state index contributed by atoms with van der Waals surface area (Å²) in [5.41, 5.74) is 9.89. The first-order valence-corrected chi connectivity index (χ1v) is 14.6. The first-order valence-electron chi connectivity index (χ1n) is 13.8. The number of para-hydroxylation sites is 1. The van der Waals surface area contributed by atoms with Crippen molar-refractivity contribution in [3.8, 4) is 22.6 Å². The lowest BCUT2D eigenvalue weighted by atomic mass is 9.83. The van der Waals surface area contributed by atoms with Crippen molar-refractivity contribution >= 4 is 39.1 Å². The summed E-state index contributed by atoms with van der Waals surface area (Å²) in [5.74, 6) is 2.36. The van der Waals surface area contributed by atoms with Crippen LogP contribution in [0.25, 0.3) is 21.3 Å². The molecule has 0 unspecified atom stereocenters. The van der Waals surface area contributed by atoms with Crippen LogP contribution in [0.5, 0.6) is 11.5 Å². The fraction of sp³-hybridized carbons (Fsp3) is 0.387. The maximum Gasteiger partial charge on any atom is 0.259 e. The summed E-state index contributed by atoms with van der Waals surface area (Å²) in [6, 6.07) is 14.4. The average Bonchev–Trinajstić information content (AvgIpc) is 3.33. The van der Waals surface area contributed by atoms with E-state index >= 15 is 0 Å².